The first-order valence-corrected chi connectivity index (χ1v) is 7.64. The van der Waals surface area contributed by atoms with Gasteiger partial charge in [-0.05, 0) is 49.1 Å². The van der Waals surface area contributed by atoms with Crippen LogP contribution in [0.5, 0.6) is 0 Å². The fraction of sp³-hybridized carbons (Fsp3) is 0.211. The van der Waals surface area contributed by atoms with Crippen LogP contribution in [-0.2, 0) is 6.42 Å². The number of rotatable bonds is 1. The van der Waals surface area contributed by atoms with Gasteiger partial charge in [-0.1, -0.05) is 30.3 Å². The molecule has 3 nitrogen and oxygen atoms in total. The molecule has 3 heteroatoms. The van der Waals surface area contributed by atoms with Crippen LogP contribution in [0.25, 0.3) is 10.9 Å². The molecule has 0 saturated heterocycles. The third-order valence-electron chi connectivity index (χ3n) is 4.73. The van der Waals surface area contributed by atoms with Crippen molar-refractivity contribution in [3.8, 4) is 0 Å². The molecule has 1 N–H and O–H groups in total. The lowest BCUT2D eigenvalue weighted by atomic mass is 9.99. The van der Waals surface area contributed by atoms with E-state index in [1.165, 1.54) is 16.5 Å². The zero-order valence-corrected chi connectivity index (χ0v) is 12.8. The number of amides is 1. The molecule has 0 fully saturated rings. The largest absolute Gasteiger partial charge is 0.350 e. The van der Waals surface area contributed by atoms with E-state index < -0.39 is 0 Å². The molecule has 0 unspecified atom stereocenters. The minimum Gasteiger partial charge on any atom is -0.350 e. The Balaban J connectivity index is 1.86. The Kier molecular flexibility index (Phi) is 2.83. The highest BCUT2D eigenvalue weighted by molar-refractivity contribution is 6.11. The first-order valence-electron chi connectivity index (χ1n) is 7.64. The number of nitrogens with zero attached hydrogens (tertiary/aromatic N) is 1. The number of para-hydroxylation sites is 1. The van der Waals surface area contributed by atoms with Crippen molar-refractivity contribution < 1.29 is 4.79 Å². The van der Waals surface area contributed by atoms with E-state index >= 15 is 0 Å². The average Bonchev–Trinajstić information content (AvgIpc) is 2.93. The van der Waals surface area contributed by atoms with Gasteiger partial charge in [0.2, 0.25) is 0 Å². The molecule has 0 aliphatic carbocycles. The lowest BCUT2D eigenvalue weighted by molar-refractivity contribution is 0.0976. The second-order valence-corrected chi connectivity index (χ2v) is 5.95. The molecule has 0 radical (unpaired) electrons. The molecule has 0 spiro atoms. The van der Waals surface area contributed by atoms with Gasteiger partial charge >= 0.3 is 0 Å². The fourth-order valence-corrected chi connectivity index (χ4v) is 3.32. The number of aromatic nitrogens is 1. The molecule has 1 aromatic heterocycles. The predicted octanol–water partition coefficient (Wildman–Crippen LogP) is 3.99. The summed E-state index contributed by atoms with van der Waals surface area (Å²) < 4.78 is 0. The molecule has 1 aliphatic heterocycles. The van der Waals surface area contributed by atoms with Crippen molar-refractivity contribution in [1.29, 1.82) is 0 Å². The maximum absolute atomic E-state index is 12.9. The van der Waals surface area contributed by atoms with Gasteiger partial charge in [0.25, 0.3) is 5.91 Å². The van der Waals surface area contributed by atoms with E-state index in [0.717, 1.165) is 35.4 Å². The Morgan fingerprint density at radius 2 is 1.82 bits per heavy atom. The molecule has 1 aliphatic rings. The molecular weight excluding hydrogens is 272 g/mol. The van der Waals surface area contributed by atoms with Crippen LogP contribution in [0.3, 0.4) is 0 Å². The van der Waals surface area contributed by atoms with E-state index in [-0.39, 0.29) is 5.91 Å². The number of benzene rings is 2. The van der Waals surface area contributed by atoms with Crippen molar-refractivity contribution in [2.45, 2.75) is 20.3 Å². The molecule has 110 valence electrons. The lowest BCUT2D eigenvalue weighted by Gasteiger charge is -2.26. The molecule has 22 heavy (non-hydrogen) atoms. The van der Waals surface area contributed by atoms with Crippen LogP contribution in [-0.4, -0.2) is 17.4 Å². The van der Waals surface area contributed by atoms with Crippen LogP contribution in [0.2, 0.25) is 0 Å². The summed E-state index contributed by atoms with van der Waals surface area (Å²) in [4.78, 5) is 18.1. The number of carbonyl (C=O) groups excluding carboxylic acids is 1. The van der Waals surface area contributed by atoms with E-state index in [0.29, 0.717) is 0 Å². The number of fused-ring (bicyclic) bond motifs is 3. The molecule has 3 aromatic rings. The summed E-state index contributed by atoms with van der Waals surface area (Å²) in [6.07, 6.45) is 0.887. The van der Waals surface area contributed by atoms with Crippen LogP contribution in [0, 0.1) is 13.8 Å². The summed E-state index contributed by atoms with van der Waals surface area (Å²) in [5.41, 5.74) is 6.46. The topological polar surface area (TPSA) is 36.1 Å². The summed E-state index contributed by atoms with van der Waals surface area (Å²) >= 11 is 0. The summed E-state index contributed by atoms with van der Waals surface area (Å²) in [6, 6.07) is 14.2. The van der Waals surface area contributed by atoms with Crippen LogP contribution < -0.4 is 4.90 Å². The standard InChI is InChI=1S/C19H18N2O/c1-12-8-9-15-16-10-11-21(14-6-4-3-5-7-14)19(22)18(16)20-17(15)13(12)2/h3-9,20H,10-11H2,1-2H3. The number of anilines is 1. The monoisotopic (exact) mass is 290 g/mol. The minimum absolute atomic E-state index is 0.0701. The number of hydrogen-bond acceptors (Lipinski definition) is 1. The molecule has 0 atom stereocenters. The quantitative estimate of drug-likeness (QED) is 0.723. The van der Waals surface area contributed by atoms with E-state index in [2.05, 4.69) is 31.0 Å². The van der Waals surface area contributed by atoms with Gasteiger partial charge in [-0.2, -0.15) is 0 Å². The number of nitrogens with one attached hydrogen (secondary N) is 1. The first-order chi connectivity index (χ1) is 10.7. The smallest absolute Gasteiger partial charge is 0.275 e. The average molecular weight is 290 g/mol. The summed E-state index contributed by atoms with van der Waals surface area (Å²) in [6.45, 7) is 4.95. The molecule has 0 saturated carbocycles. The Hall–Kier alpha value is -2.55. The SMILES string of the molecule is Cc1ccc2c3c([nH]c2c1C)C(=O)N(c1ccccc1)CC3. The van der Waals surface area contributed by atoms with Crippen LogP contribution in [0.4, 0.5) is 5.69 Å². The highest BCUT2D eigenvalue weighted by Gasteiger charge is 2.29. The maximum atomic E-state index is 12.9. The highest BCUT2D eigenvalue weighted by Crippen LogP contribution is 2.32. The van der Waals surface area contributed by atoms with E-state index in [1.54, 1.807) is 0 Å². The minimum atomic E-state index is 0.0701. The number of aromatic amines is 1. The zero-order valence-electron chi connectivity index (χ0n) is 12.8. The third-order valence-corrected chi connectivity index (χ3v) is 4.73. The van der Waals surface area contributed by atoms with Gasteiger partial charge in [0, 0.05) is 23.1 Å². The highest BCUT2D eigenvalue weighted by atomic mass is 16.2. The van der Waals surface area contributed by atoms with E-state index in [4.69, 9.17) is 0 Å². The molecule has 4 rings (SSSR count). The number of hydrogen-bond donors (Lipinski definition) is 1. The van der Waals surface area contributed by atoms with Crippen molar-refractivity contribution >= 4 is 22.5 Å². The molecule has 2 heterocycles. The van der Waals surface area contributed by atoms with Gasteiger partial charge in [0.05, 0.1) is 0 Å². The zero-order chi connectivity index (χ0) is 15.3. The molecule has 2 aromatic carbocycles. The predicted molar refractivity (Wildman–Crippen MR) is 89.6 cm³/mol. The van der Waals surface area contributed by atoms with Crippen LogP contribution >= 0.6 is 0 Å². The molecule has 0 bridgehead atoms. The van der Waals surface area contributed by atoms with Gasteiger partial charge in [-0.25, -0.2) is 0 Å². The second kappa shape index (κ2) is 4.73. The lowest BCUT2D eigenvalue weighted by Crippen LogP contribution is -2.37. The van der Waals surface area contributed by atoms with E-state index in [1.807, 2.05) is 35.2 Å². The number of H-pyrrole nitrogens is 1. The molecular formula is C19H18N2O. The Labute approximate surface area is 129 Å². The Morgan fingerprint density at radius 1 is 1.05 bits per heavy atom. The van der Waals surface area contributed by atoms with Crippen molar-refractivity contribution in [1.82, 2.24) is 4.98 Å². The van der Waals surface area contributed by atoms with Crippen molar-refractivity contribution in [3.63, 3.8) is 0 Å². The Morgan fingerprint density at radius 3 is 2.59 bits per heavy atom. The van der Waals surface area contributed by atoms with Gasteiger partial charge in [0.15, 0.2) is 0 Å². The van der Waals surface area contributed by atoms with Crippen LogP contribution in [0.1, 0.15) is 27.2 Å². The van der Waals surface area contributed by atoms with Crippen molar-refractivity contribution in [3.05, 3.63) is 64.8 Å². The second-order valence-electron chi connectivity index (χ2n) is 5.95. The van der Waals surface area contributed by atoms with Crippen molar-refractivity contribution in [2.24, 2.45) is 0 Å². The number of aryl methyl sites for hydroxylation is 2. The Bertz CT molecular complexity index is 877. The fourth-order valence-electron chi connectivity index (χ4n) is 3.32. The summed E-state index contributed by atoms with van der Waals surface area (Å²) in [5, 5.41) is 1.19. The van der Waals surface area contributed by atoms with Crippen LogP contribution in [0.15, 0.2) is 42.5 Å². The first kappa shape index (κ1) is 13.1. The summed E-state index contributed by atoms with van der Waals surface area (Å²) in [7, 11) is 0. The normalized spacial score (nSPS) is 14.5. The third kappa shape index (κ3) is 1.78. The van der Waals surface area contributed by atoms with Gasteiger partial charge < -0.3 is 9.88 Å². The number of carbonyl (C=O) groups is 1. The van der Waals surface area contributed by atoms with E-state index in [9.17, 15) is 4.79 Å². The maximum Gasteiger partial charge on any atom is 0.275 e. The summed E-state index contributed by atoms with van der Waals surface area (Å²) in [5.74, 6) is 0.0701. The van der Waals surface area contributed by atoms with Crippen molar-refractivity contribution in [2.75, 3.05) is 11.4 Å². The van der Waals surface area contributed by atoms with Gasteiger partial charge in [0.1, 0.15) is 5.69 Å². The van der Waals surface area contributed by atoms with Gasteiger partial charge in [-0.3, -0.25) is 4.79 Å². The molecule has 1 amide bonds. The van der Waals surface area contributed by atoms with Gasteiger partial charge in [-0.15, -0.1) is 0 Å².